The molecule has 136 valence electrons. The van der Waals surface area contributed by atoms with Crippen LogP contribution in [0.25, 0.3) is 0 Å². The van der Waals surface area contributed by atoms with Gasteiger partial charge in [0.2, 0.25) is 0 Å². The van der Waals surface area contributed by atoms with E-state index in [1.54, 1.807) is 0 Å². The number of ether oxygens (including phenoxy) is 1. The molecule has 1 saturated heterocycles. The third-order valence-electron chi connectivity index (χ3n) is 4.60. The number of hydrogen-bond acceptors (Lipinski definition) is 3. The van der Waals surface area contributed by atoms with Crippen LogP contribution in [-0.4, -0.2) is 55.2 Å². The number of nitrogens with zero attached hydrogens (tertiary/aromatic N) is 2. The Hall–Kier alpha value is -0.770. The van der Waals surface area contributed by atoms with Crippen LogP contribution in [0.3, 0.4) is 0 Å². The number of amides is 1. The molecule has 0 saturated carbocycles. The van der Waals surface area contributed by atoms with Crippen molar-refractivity contribution in [1.82, 2.24) is 9.80 Å². The van der Waals surface area contributed by atoms with Gasteiger partial charge in [-0.15, -0.1) is 0 Å². The predicted octanol–water partition coefficient (Wildman–Crippen LogP) is 4.39. The molecule has 1 unspecified atom stereocenters. The number of likely N-dealkylation sites (N-methyl/N-ethyl adjacent to an activating group) is 1. The zero-order chi connectivity index (χ0) is 17.2. The van der Waals surface area contributed by atoms with Crippen LogP contribution < -0.4 is 0 Å². The Morgan fingerprint density at radius 2 is 1.96 bits per heavy atom. The maximum Gasteiger partial charge on any atom is 0.410 e. The summed E-state index contributed by atoms with van der Waals surface area (Å²) in [6.07, 6.45) is 7.40. The SMILES string of the molecule is CCCCCC(C)CN(C)C[C@H]1CN(CCCC(C)C)C(=O)O1. The van der Waals surface area contributed by atoms with E-state index in [-0.39, 0.29) is 12.2 Å². The summed E-state index contributed by atoms with van der Waals surface area (Å²) in [6.45, 7) is 12.6. The van der Waals surface area contributed by atoms with Crippen LogP contribution in [0.5, 0.6) is 0 Å². The number of carbonyl (C=O) groups excluding carboxylic acids is 1. The van der Waals surface area contributed by atoms with Gasteiger partial charge in [-0.3, -0.25) is 0 Å². The highest BCUT2D eigenvalue weighted by atomic mass is 16.6. The summed E-state index contributed by atoms with van der Waals surface area (Å²) in [5.41, 5.74) is 0. The molecule has 0 aromatic carbocycles. The van der Waals surface area contributed by atoms with Crippen LogP contribution in [0.2, 0.25) is 0 Å². The van der Waals surface area contributed by atoms with Crippen molar-refractivity contribution < 1.29 is 9.53 Å². The van der Waals surface area contributed by atoms with Crippen molar-refractivity contribution in [1.29, 1.82) is 0 Å². The molecule has 1 amide bonds. The molecule has 0 bridgehead atoms. The first kappa shape index (κ1) is 20.3. The lowest BCUT2D eigenvalue weighted by molar-refractivity contribution is 0.109. The van der Waals surface area contributed by atoms with E-state index >= 15 is 0 Å². The van der Waals surface area contributed by atoms with Crippen molar-refractivity contribution in [2.75, 3.05) is 33.2 Å². The molecule has 0 aromatic heterocycles. The van der Waals surface area contributed by atoms with E-state index in [0.717, 1.165) is 32.6 Å². The fraction of sp³-hybridized carbons (Fsp3) is 0.947. The molecule has 4 nitrogen and oxygen atoms in total. The van der Waals surface area contributed by atoms with Crippen LogP contribution >= 0.6 is 0 Å². The van der Waals surface area contributed by atoms with Crippen LogP contribution in [0, 0.1) is 11.8 Å². The van der Waals surface area contributed by atoms with E-state index in [9.17, 15) is 4.79 Å². The Bertz CT molecular complexity index is 333. The predicted molar refractivity (Wildman–Crippen MR) is 96.7 cm³/mol. The van der Waals surface area contributed by atoms with Gasteiger partial charge in [-0.05, 0) is 38.1 Å². The van der Waals surface area contributed by atoms with Crippen molar-refractivity contribution in [3.05, 3.63) is 0 Å². The molecular weight excluding hydrogens is 288 g/mol. The van der Waals surface area contributed by atoms with Gasteiger partial charge in [0, 0.05) is 19.6 Å². The zero-order valence-corrected chi connectivity index (χ0v) is 16.0. The van der Waals surface area contributed by atoms with Crippen molar-refractivity contribution >= 4 is 6.09 Å². The second kappa shape index (κ2) is 10.9. The largest absolute Gasteiger partial charge is 0.443 e. The minimum absolute atomic E-state index is 0.0365. The summed E-state index contributed by atoms with van der Waals surface area (Å²) >= 11 is 0. The molecular formula is C19H38N2O2. The lowest BCUT2D eigenvalue weighted by Gasteiger charge is -2.23. The summed E-state index contributed by atoms with van der Waals surface area (Å²) in [4.78, 5) is 16.1. The first-order valence-electron chi connectivity index (χ1n) is 9.56. The van der Waals surface area contributed by atoms with E-state index in [0.29, 0.717) is 11.8 Å². The standard InChI is InChI=1S/C19H38N2O2/c1-6-7-8-11-17(4)13-20(5)14-18-15-21(19(22)23-18)12-9-10-16(2)3/h16-18H,6-15H2,1-5H3/t17?,18-/m0/s1. The lowest BCUT2D eigenvalue weighted by Crippen LogP contribution is -2.35. The molecule has 1 fully saturated rings. The molecule has 2 atom stereocenters. The molecule has 1 aliphatic rings. The Morgan fingerprint density at radius 3 is 2.61 bits per heavy atom. The molecule has 0 aliphatic carbocycles. The third kappa shape index (κ3) is 8.59. The van der Waals surface area contributed by atoms with E-state index in [2.05, 4.69) is 39.6 Å². The van der Waals surface area contributed by atoms with Gasteiger partial charge in [-0.2, -0.15) is 0 Å². The van der Waals surface area contributed by atoms with Gasteiger partial charge in [0.1, 0.15) is 6.10 Å². The number of carbonyl (C=O) groups is 1. The minimum Gasteiger partial charge on any atom is -0.443 e. The average Bonchev–Trinajstić information content (AvgIpc) is 2.78. The first-order valence-corrected chi connectivity index (χ1v) is 9.56. The molecule has 0 radical (unpaired) electrons. The maximum atomic E-state index is 11.9. The Kier molecular flexibility index (Phi) is 9.61. The number of rotatable bonds is 12. The fourth-order valence-electron chi connectivity index (χ4n) is 3.33. The summed E-state index contributed by atoms with van der Waals surface area (Å²) in [5, 5.41) is 0. The zero-order valence-electron chi connectivity index (χ0n) is 16.0. The van der Waals surface area contributed by atoms with E-state index < -0.39 is 0 Å². The van der Waals surface area contributed by atoms with Gasteiger partial charge in [-0.1, -0.05) is 47.0 Å². The summed E-state index contributed by atoms with van der Waals surface area (Å²) < 4.78 is 5.53. The molecule has 0 spiro atoms. The minimum atomic E-state index is -0.122. The highest BCUT2D eigenvalue weighted by Gasteiger charge is 2.31. The molecule has 1 heterocycles. The topological polar surface area (TPSA) is 32.8 Å². The Balaban J connectivity index is 2.22. The van der Waals surface area contributed by atoms with Crippen molar-refractivity contribution in [3.63, 3.8) is 0 Å². The Labute approximate surface area is 143 Å². The van der Waals surface area contributed by atoms with Gasteiger partial charge >= 0.3 is 6.09 Å². The highest BCUT2D eigenvalue weighted by Crippen LogP contribution is 2.16. The molecule has 0 N–H and O–H groups in total. The Morgan fingerprint density at radius 1 is 1.22 bits per heavy atom. The summed E-state index contributed by atoms with van der Waals surface area (Å²) in [7, 11) is 2.14. The van der Waals surface area contributed by atoms with Crippen LogP contribution in [-0.2, 0) is 4.74 Å². The number of hydrogen-bond donors (Lipinski definition) is 0. The lowest BCUT2D eigenvalue weighted by atomic mass is 10.0. The van der Waals surface area contributed by atoms with E-state index in [1.165, 1.54) is 32.1 Å². The highest BCUT2D eigenvalue weighted by molar-refractivity contribution is 5.69. The van der Waals surface area contributed by atoms with Gasteiger partial charge in [0.25, 0.3) is 0 Å². The number of unbranched alkanes of at least 4 members (excludes halogenated alkanes) is 2. The normalized spacial score (nSPS) is 19.7. The second-order valence-electron chi connectivity index (χ2n) is 7.81. The van der Waals surface area contributed by atoms with Crippen LogP contribution in [0.4, 0.5) is 4.79 Å². The maximum absolute atomic E-state index is 11.9. The quantitative estimate of drug-likeness (QED) is 0.499. The smallest absolute Gasteiger partial charge is 0.410 e. The molecule has 23 heavy (non-hydrogen) atoms. The van der Waals surface area contributed by atoms with Gasteiger partial charge in [0.15, 0.2) is 0 Å². The summed E-state index contributed by atoms with van der Waals surface area (Å²) in [5.74, 6) is 1.41. The number of cyclic esters (lactones) is 1. The van der Waals surface area contributed by atoms with Gasteiger partial charge < -0.3 is 14.5 Å². The second-order valence-corrected chi connectivity index (χ2v) is 7.81. The summed E-state index contributed by atoms with van der Waals surface area (Å²) in [6, 6.07) is 0. The molecule has 1 aliphatic heterocycles. The third-order valence-corrected chi connectivity index (χ3v) is 4.60. The first-order chi connectivity index (χ1) is 10.9. The van der Waals surface area contributed by atoms with Crippen molar-refractivity contribution in [2.24, 2.45) is 11.8 Å². The molecule has 1 rings (SSSR count). The van der Waals surface area contributed by atoms with Crippen LogP contribution in [0.1, 0.15) is 66.2 Å². The van der Waals surface area contributed by atoms with E-state index in [1.807, 2.05) is 4.90 Å². The van der Waals surface area contributed by atoms with Gasteiger partial charge in [0.05, 0.1) is 6.54 Å². The van der Waals surface area contributed by atoms with Crippen molar-refractivity contribution in [3.8, 4) is 0 Å². The monoisotopic (exact) mass is 326 g/mol. The van der Waals surface area contributed by atoms with Gasteiger partial charge in [-0.25, -0.2) is 4.79 Å². The average molecular weight is 327 g/mol. The van der Waals surface area contributed by atoms with Crippen molar-refractivity contribution in [2.45, 2.75) is 72.3 Å². The van der Waals surface area contributed by atoms with E-state index in [4.69, 9.17) is 4.74 Å². The fourth-order valence-corrected chi connectivity index (χ4v) is 3.33. The molecule has 4 heteroatoms. The van der Waals surface area contributed by atoms with Crippen LogP contribution in [0.15, 0.2) is 0 Å². The molecule has 0 aromatic rings.